The zero-order valence-electron chi connectivity index (χ0n) is 48.3. The van der Waals surface area contributed by atoms with Crippen molar-refractivity contribution in [1.29, 1.82) is 0 Å². The monoisotopic (exact) mass is 1240 g/mol. The van der Waals surface area contributed by atoms with Crippen LogP contribution in [0, 0.1) is 0 Å². The van der Waals surface area contributed by atoms with E-state index in [9.17, 15) is 77.4 Å². The Morgan fingerprint density at radius 1 is 0.393 bits per heavy atom. The lowest BCUT2D eigenvalue weighted by Crippen LogP contribution is -2.44. The average Bonchev–Trinajstić information content (AvgIpc) is 1.27. The number of rotatable bonds is 31. The van der Waals surface area contributed by atoms with Crippen molar-refractivity contribution in [3.8, 4) is 34.5 Å². The molecule has 89 heavy (non-hydrogen) atoms. The minimum absolute atomic E-state index is 0.0797. The number of carbonyl (C=O) groups is 7. The zero-order chi connectivity index (χ0) is 64.8. The van der Waals surface area contributed by atoms with Crippen LogP contribution in [0.25, 0.3) is 0 Å². The van der Waals surface area contributed by atoms with Gasteiger partial charge in [0.15, 0.2) is 40.1 Å². The van der Waals surface area contributed by atoms with Gasteiger partial charge < -0.3 is 84.5 Å². The van der Waals surface area contributed by atoms with Crippen molar-refractivity contribution in [2.45, 2.75) is 107 Å². The molecule has 0 aliphatic rings. The smallest absolute Gasteiger partial charge is 0.490 e. The molecule has 0 radical (unpaired) electrons. The summed E-state index contributed by atoms with van der Waals surface area (Å²) in [5.41, 5.74) is 15.5. The third-order valence-corrected chi connectivity index (χ3v) is 14.2. The van der Waals surface area contributed by atoms with E-state index in [2.05, 4.69) is 31.9 Å². The maximum atomic E-state index is 14.7. The SMILES string of the molecule is NCCCC[C@@H](NC(=O)Cc1ccc(O)c(O)c1)C(=O)Nc1ccc(C(OC(=O)C(F)(F)F)(c2ccc(NC(=O)[C@@H](CCCCN)NC(=O)Cc3ccc(O)c(O)c3)cc2)c2ccc(NC(=O)[C@@H](CCCCN)NC(=O)Cc3ccc(O)c(O)c3)cc2)cc1. The lowest BCUT2D eigenvalue weighted by atomic mass is 9.79. The van der Waals surface area contributed by atoms with Crippen molar-refractivity contribution in [2.75, 3.05) is 35.6 Å². The van der Waals surface area contributed by atoms with E-state index in [1.165, 1.54) is 127 Å². The number of nitrogens with one attached hydrogen (secondary N) is 6. The van der Waals surface area contributed by atoms with Gasteiger partial charge in [-0.15, -0.1) is 0 Å². The van der Waals surface area contributed by atoms with Gasteiger partial charge in [-0.1, -0.05) is 54.6 Å². The van der Waals surface area contributed by atoms with Crippen LogP contribution in [0.1, 0.15) is 91.2 Å². The summed E-state index contributed by atoms with van der Waals surface area (Å²) >= 11 is 0. The molecular formula is C63H72F3N9O14. The first-order valence-corrected chi connectivity index (χ1v) is 28.5. The van der Waals surface area contributed by atoms with E-state index in [0.717, 1.165) is 0 Å². The second-order valence-corrected chi connectivity index (χ2v) is 21.0. The number of phenolic OH excluding ortho intramolecular Hbond substituents is 6. The van der Waals surface area contributed by atoms with E-state index in [1.807, 2.05) is 0 Å². The molecule has 0 saturated carbocycles. The molecule has 6 rings (SSSR count). The Balaban J connectivity index is 1.36. The van der Waals surface area contributed by atoms with Gasteiger partial charge in [-0.25, -0.2) is 4.79 Å². The highest BCUT2D eigenvalue weighted by molar-refractivity contribution is 5.99. The molecule has 3 atom stereocenters. The molecule has 6 aromatic rings. The molecule has 18 N–H and O–H groups in total. The number of amides is 6. The number of phenols is 6. The summed E-state index contributed by atoms with van der Waals surface area (Å²) in [6.07, 6.45) is -3.33. The number of aromatic hydroxyl groups is 6. The Bertz CT molecular complexity index is 3090. The predicted octanol–water partition coefficient (Wildman–Crippen LogP) is 5.70. The number of hydrogen-bond acceptors (Lipinski definition) is 17. The van der Waals surface area contributed by atoms with Crippen molar-refractivity contribution < 1.29 is 82.1 Å². The van der Waals surface area contributed by atoms with Gasteiger partial charge >= 0.3 is 12.1 Å². The summed E-state index contributed by atoms with van der Waals surface area (Å²) in [6, 6.07) is 23.6. The van der Waals surface area contributed by atoms with Gasteiger partial charge in [0.05, 0.1) is 19.3 Å². The van der Waals surface area contributed by atoms with Crippen molar-refractivity contribution in [3.05, 3.63) is 161 Å². The molecule has 23 nitrogen and oxygen atoms in total. The van der Waals surface area contributed by atoms with Gasteiger partial charge in [-0.2, -0.15) is 13.2 Å². The van der Waals surface area contributed by atoms with Gasteiger partial charge in [0, 0.05) is 33.8 Å². The predicted molar refractivity (Wildman–Crippen MR) is 322 cm³/mol. The van der Waals surface area contributed by atoms with E-state index in [0.29, 0.717) is 55.2 Å². The minimum atomic E-state index is -5.59. The highest BCUT2D eigenvalue weighted by Crippen LogP contribution is 2.43. The summed E-state index contributed by atoms with van der Waals surface area (Å²) in [5.74, 6) is -9.12. The van der Waals surface area contributed by atoms with E-state index in [-0.39, 0.29) is 91.9 Å². The normalized spacial score (nSPS) is 12.4. The van der Waals surface area contributed by atoms with Crippen LogP contribution in [0.2, 0.25) is 0 Å². The molecule has 0 heterocycles. The Morgan fingerprint density at radius 3 is 0.899 bits per heavy atom. The summed E-state index contributed by atoms with van der Waals surface area (Å²) < 4.78 is 49.6. The number of alkyl halides is 3. The van der Waals surface area contributed by atoms with Crippen molar-refractivity contribution in [3.63, 3.8) is 0 Å². The lowest BCUT2D eigenvalue weighted by molar-refractivity contribution is -0.209. The van der Waals surface area contributed by atoms with Crippen LogP contribution >= 0.6 is 0 Å². The van der Waals surface area contributed by atoms with Gasteiger partial charge in [-0.3, -0.25) is 28.8 Å². The molecule has 0 fully saturated rings. The third kappa shape index (κ3) is 19.8. The van der Waals surface area contributed by atoms with E-state index >= 15 is 0 Å². The Kier molecular flexibility index (Phi) is 24.7. The number of benzene rings is 6. The van der Waals surface area contributed by atoms with Crippen LogP contribution in [0.3, 0.4) is 0 Å². The van der Waals surface area contributed by atoms with Crippen LogP contribution < -0.4 is 49.1 Å². The Hall–Kier alpha value is -9.92. The molecule has 0 unspecified atom stereocenters. The standard InChI is InChI=1S/C63H72F3N9O14/c64-63(65,66)61(88)89-62(40-13-19-43(20-14-40)70-58(85)46(7-1-4-28-67)73-55(82)34-37-10-25-49(76)52(79)31-37,41-15-21-44(22-16-41)71-59(86)47(8-2-5-29-68)74-56(83)35-38-11-26-50(77)53(80)32-38)42-17-23-45(24-18-42)72-60(87)48(9-3-6-30-69)75-57(84)36-39-12-27-51(78)54(81)33-39/h10-27,31-33,46-48,76-81H,1-9,28-30,34-36,67-69H2,(H,70,85)(H,71,86)(H,72,87)(H,73,82)(H,74,83)(H,75,84)/t46-,47-,48-/m1/s1. The van der Waals surface area contributed by atoms with E-state index < -0.39 is 106 Å². The first-order chi connectivity index (χ1) is 42.4. The highest BCUT2D eigenvalue weighted by Gasteiger charge is 2.49. The summed E-state index contributed by atoms with van der Waals surface area (Å²) in [7, 11) is 0. The Morgan fingerprint density at radius 2 is 0.663 bits per heavy atom. The van der Waals surface area contributed by atoms with E-state index in [4.69, 9.17) is 21.9 Å². The topological polar surface area (TPSA) is 400 Å². The fourth-order valence-corrected chi connectivity index (χ4v) is 9.54. The van der Waals surface area contributed by atoms with Crippen LogP contribution in [0.5, 0.6) is 34.5 Å². The Labute approximate surface area is 509 Å². The van der Waals surface area contributed by atoms with Crippen LogP contribution in [0.15, 0.2) is 127 Å². The van der Waals surface area contributed by atoms with Crippen LogP contribution in [-0.2, 0) is 63.2 Å². The second-order valence-electron chi connectivity index (χ2n) is 21.0. The van der Waals surface area contributed by atoms with Crippen LogP contribution in [-0.4, -0.2) is 116 Å². The summed E-state index contributed by atoms with van der Waals surface area (Å²) in [6.45, 7) is 0.853. The molecule has 0 saturated heterocycles. The molecule has 0 bridgehead atoms. The quantitative estimate of drug-likeness (QED) is 0.0107. The van der Waals surface area contributed by atoms with Crippen molar-refractivity contribution in [2.24, 2.45) is 17.2 Å². The molecule has 0 aliphatic carbocycles. The van der Waals surface area contributed by atoms with Crippen molar-refractivity contribution in [1.82, 2.24) is 16.0 Å². The van der Waals surface area contributed by atoms with Gasteiger partial charge in [0.2, 0.25) is 35.4 Å². The average molecular weight is 1240 g/mol. The minimum Gasteiger partial charge on any atom is -0.504 e. The van der Waals surface area contributed by atoms with Gasteiger partial charge in [0.1, 0.15) is 18.1 Å². The van der Waals surface area contributed by atoms with Gasteiger partial charge in [-0.05, 0) is 167 Å². The lowest BCUT2D eigenvalue weighted by Gasteiger charge is -2.36. The van der Waals surface area contributed by atoms with Crippen LogP contribution in [0.4, 0.5) is 30.2 Å². The molecule has 26 heteroatoms. The fourth-order valence-electron chi connectivity index (χ4n) is 9.54. The number of unbranched alkanes of at least 4 members (excludes halogenated alkanes) is 3. The number of esters is 1. The number of carbonyl (C=O) groups excluding carboxylic acids is 7. The number of halogens is 3. The van der Waals surface area contributed by atoms with E-state index in [1.54, 1.807) is 0 Å². The second kappa shape index (κ2) is 32.2. The first-order valence-electron chi connectivity index (χ1n) is 28.5. The molecular weight excluding hydrogens is 1160 g/mol. The molecule has 6 amide bonds. The maximum absolute atomic E-state index is 14.7. The maximum Gasteiger partial charge on any atom is 0.490 e. The molecule has 0 aliphatic heterocycles. The number of nitrogens with two attached hydrogens (primary N) is 3. The summed E-state index contributed by atoms with van der Waals surface area (Å²) in [5, 5.41) is 75.2. The number of anilines is 3. The highest BCUT2D eigenvalue weighted by atomic mass is 19.4. The van der Waals surface area contributed by atoms with Crippen molar-refractivity contribution >= 4 is 58.5 Å². The number of ether oxygens (including phenoxy) is 1. The largest absolute Gasteiger partial charge is 0.504 e. The molecule has 0 aromatic heterocycles. The van der Waals surface area contributed by atoms with Gasteiger partial charge in [0.25, 0.3) is 0 Å². The third-order valence-electron chi connectivity index (χ3n) is 14.2. The fraction of sp³-hybridized carbons (Fsp3) is 0.317. The molecule has 0 spiro atoms. The molecule has 474 valence electrons. The summed E-state index contributed by atoms with van der Waals surface area (Å²) in [4.78, 5) is 94.9. The number of hydrogen-bond donors (Lipinski definition) is 15. The first kappa shape index (κ1) is 68.2. The zero-order valence-corrected chi connectivity index (χ0v) is 48.3. The molecule has 6 aromatic carbocycles.